The molecule has 14 nitrogen and oxygen atoms in total. The van der Waals surface area contributed by atoms with Crippen molar-refractivity contribution in [1.29, 1.82) is 0 Å². The van der Waals surface area contributed by atoms with E-state index in [0.717, 1.165) is 18.5 Å². The first-order valence-corrected chi connectivity index (χ1v) is 14.7. The minimum atomic E-state index is -4.93. The summed E-state index contributed by atoms with van der Waals surface area (Å²) in [4.78, 5) is 3.83. The maximum atomic E-state index is 14.6. The van der Waals surface area contributed by atoms with Gasteiger partial charge in [-0.2, -0.15) is 18.3 Å². The molecule has 258 valence electrons. The van der Waals surface area contributed by atoms with E-state index in [0.29, 0.717) is 5.02 Å². The van der Waals surface area contributed by atoms with Crippen LogP contribution in [0.2, 0.25) is 5.02 Å². The van der Waals surface area contributed by atoms with Gasteiger partial charge in [0.2, 0.25) is 0 Å². The molecule has 6 N–H and O–H groups in total. The second kappa shape index (κ2) is 14.3. The second-order valence-electron chi connectivity index (χ2n) is 11.3. The second-order valence-corrected chi connectivity index (χ2v) is 11.7. The highest BCUT2D eigenvalue weighted by Gasteiger charge is 2.50. The van der Waals surface area contributed by atoms with Crippen LogP contribution < -0.4 is 4.74 Å². The zero-order valence-electron chi connectivity index (χ0n) is 24.6. The Hall–Kier alpha value is -2.94. The summed E-state index contributed by atoms with van der Waals surface area (Å²) in [6.07, 6.45) is -17.2. The molecule has 0 spiro atoms. The third kappa shape index (κ3) is 7.87. The highest BCUT2D eigenvalue weighted by Crippen LogP contribution is 2.43. The van der Waals surface area contributed by atoms with Gasteiger partial charge >= 0.3 is 6.18 Å². The van der Waals surface area contributed by atoms with Gasteiger partial charge in [0, 0.05) is 5.02 Å². The van der Waals surface area contributed by atoms with Gasteiger partial charge in [-0.25, -0.2) is 9.67 Å². The molecule has 2 saturated heterocycles. The molecule has 3 aromatic rings. The third-order valence-electron chi connectivity index (χ3n) is 7.81. The highest BCUT2D eigenvalue weighted by molar-refractivity contribution is 6.30. The monoisotopic (exact) mass is 691 g/mol. The molecule has 2 fully saturated rings. The Balaban J connectivity index is 1.43. The first kappa shape index (κ1) is 35.4. The molecule has 2 aliphatic heterocycles. The lowest BCUT2D eigenvalue weighted by molar-refractivity contribution is -0.335. The lowest BCUT2D eigenvalue weighted by atomic mass is 9.89. The van der Waals surface area contributed by atoms with Crippen molar-refractivity contribution < 1.29 is 67.5 Å². The first-order chi connectivity index (χ1) is 22.2. The summed E-state index contributed by atoms with van der Waals surface area (Å²) in [5.41, 5.74) is -3.55. The Bertz CT molecular complexity index is 1470. The van der Waals surface area contributed by atoms with Crippen molar-refractivity contribution >= 4 is 11.6 Å². The van der Waals surface area contributed by atoms with Crippen LogP contribution in [0.5, 0.6) is 11.5 Å². The standard InChI is InChI=1S/C29H33ClF3N3O11/c1-28(11-36-13-34-12-35-36,17-7-6-16(8-18(17)29(31,32)33)44-15-4-2-14(30)3-5-15)47-27-25(42)23(40)22(39)20(46-27)10-43-26-24(41)21(38)19(9-37)45-26/h2-8,12-13,19-27,37-42H,9-11H2,1H3/t19-,20-,21-,22-,23+,24-,25-,26+,27-,28?/m1/s1. The zero-order valence-corrected chi connectivity index (χ0v) is 25.3. The highest BCUT2D eigenvalue weighted by atomic mass is 35.5. The average molecular weight is 692 g/mol. The van der Waals surface area contributed by atoms with Gasteiger partial charge in [0.25, 0.3) is 0 Å². The number of aliphatic hydroxyl groups is 6. The number of halogens is 4. The van der Waals surface area contributed by atoms with Gasteiger partial charge in [0.05, 0.1) is 25.3 Å². The van der Waals surface area contributed by atoms with Crippen LogP contribution in [0.15, 0.2) is 55.1 Å². The fraction of sp³-hybridized carbons (Fsp3) is 0.517. The van der Waals surface area contributed by atoms with E-state index in [2.05, 4.69) is 10.1 Å². The van der Waals surface area contributed by atoms with E-state index < -0.39 is 91.4 Å². The molecule has 10 atom stereocenters. The number of aromatic nitrogens is 3. The molecule has 1 aromatic heterocycles. The van der Waals surface area contributed by atoms with Crippen molar-refractivity contribution in [2.75, 3.05) is 13.2 Å². The molecule has 18 heteroatoms. The fourth-order valence-electron chi connectivity index (χ4n) is 5.33. The minimum Gasteiger partial charge on any atom is -0.457 e. The molecule has 0 bridgehead atoms. The Morgan fingerprint density at radius 3 is 2.11 bits per heavy atom. The predicted octanol–water partition coefficient (Wildman–Crippen LogP) is 0.938. The van der Waals surface area contributed by atoms with E-state index in [1.54, 1.807) is 0 Å². The number of ether oxygens (including phenoxy) is 5. The number of alkyl halides is 3. The van der Waals surface area contributed by atoms with Crippen LogP contribution >= 0.6 is 11.6 Å². The number of nitrogens with zero attached hydrogens (tertiary/aromatic N) is 3. The van der Waals surface area contributed by atoms with Gasteiger partial charge in [0.1, 0.15) is 72.5 Å². The summed E-state index contributed by atoms with van der Waals surface area (Å²) in [5, 5.41) is 65.9. The molecule has 5 rings (SSSR count). The van der Waals surface area contributed by atoms with Crippen LogP contribution in [0, 0.1) is 0 Å². The summed E-state index contributed by atoms with van der Waals surface area (Å²) in [7, 11) is 0. The van der Waals surface area contributed by atoms with Gasteiger partial charge < -0.3 is 54.3 Å². The van der Waals surface area contributed by atoms with E-state index in [-0.39, 0.29) is 18.0 Å². The smallest absolute Gasteiger partial charge is 0.416 e. The van der Waals surface area contributed by atoms with Gasteiger partial charge in [-0.3, -0.25) is 0 Å². The maximum absolute atomic E-state index is 14.6. The van der Waals surface area contributed by atoms with Crippen LogP contribution in [0.1, 0.15) is 18.1 Å². The van der Waals surface area contributed by atoms with E-state index in [1.807, 2.05) is 0 Å². The molecular formula is C29H33ClF3N3O11. The van der Waals surface area contributed by atoms with Crippen molar-refractivity contribution in [2.45, 2.75) is 80.6 Å². The number of aliphatic hydroxyl groups excluding tert-OH is 6. The number of hydrogen-bond donors (Lipinski definition) is 6. The third-order valence-corrected chi connectivity index (χ3v) is 8.07. The summed E-state index contributed by atoms with van der Waals surface area (Å²) in [6, 6.07) is 9.18. The van der Waals surface area contributed by atoms with E-state index >= 15 is 0 Å². The molecule has 2 aromatic carbocycles. The van der Waals surface area contributed by atoms with Crippen molar-refractivity contribution in [3.8, 4) is 11.5 Å². The van der Waals surface area contributed by atoms with Crippen molar-refractivity contribution in [3.63, 3.8) is 0 Å². The quantitative estimate of drug-likeness (QED) is 0.166. The van der Waals surface area contributed by atoms with Gasteiger partial charge in [-0.05, 0) is 48.9 Å². The fourth-order valence-corrected chi connectivity index (χ4v) is 5.46. The van der Waals surface area contributed by atoms with E-state index in [9.17, 15) is 43.8 Å². The van der Waals surface area contributed by atoms with Gasteiger partial charge in [0.15, 0.2) is 12.6 Å². The lowest BCUT2D eigenvalue weighted by Gasteiger charge is -2.44. The summed E-state index contributed by atoms with van der Waals surface area (Å²) < 4.78 is 73.1. The normalized spacial score (nSPS) is 31.1. The lowest BCUT2D eigenvalue weighted by Crippen LogP contribution is -2.61. The summed E-state index contributed by atoms with van der Waals surface area (Å²) >= 11 is 5.89. The molecule has 2 aliphatic rings. The minimum absolute atomic E-state index is 0.152. The molecule has 1 unspecified atom stereocenters. The Labute approximate surface area is 270 Å². The Morgan fingerprint density at radius 2 is 1.49 bits per heavy atom. The molecule has 0 saturated carbocycles. The summed E-state index contributed by atoms with van der Waals surface area (Å²) in [5.74, 6) is 0.0782. The van der Waals surface area contributed by atoms with Crippen LogP contribution in [-0.2, 0) is 37.3 Å². The molecular weight excluding hydrogens is 659 g/mol. The van der Waals surface area contributed by atoms with Crippen LogP contribution in [0.3, 0.4) is 0 Å². The van der Waals surface area contributed by atoms with E-state index in [1.165, 1.54) is 48.3 Å². The number of benzene rings is 2. The van der Waals surface area contributed by atoms with Crippen molar-refractivity contribution in [2.24, 2.45) is 0 Å². The molecule has 0 aliphatic carbocycles. The number of rotatable bonds is 11. The maximum Gasteiger partial charge on any atom is 0.416 e. The largest absolute Gasteiger partial charge is 0.457 e. The molecule has 3 heterocycles. The van der Waals surface area contributed by atoms with Crippen LogP contribution in [-0.4, -0.2) is 114 Å². The predicted molar refractivity (Wildman–Crippen MR) is 152 cm³/mol. The summed E-state index contributed by atoms with van der Waals surface area (Å²) in [6.45, 7) is -0.318. The van der Waals surface area contributed by atoms with Gasteiger partial charge in [-0.1, -0.05) is 17.7 Å². The number of hydrogen-bond acceptors (Lipinski definition) is 13. The zero-order chi connectivity index (χ0) is 34.1. The van der Waals surface area contributed by atoms with Crippen LogP contribution in [0.4, 0.5) is 13.2 Å². The Morgan fingerprint density at radius 1 is 0.851 bits per heavy atom. The SMILES string of the molecule is CC(Cn1cncn1)(O[C@H]1O[C@H](CO[C@H]2O[C@H](CO)[C@@H](O)[C@H]2O)[C@@H](O)[C@H](O)[C@H]1O)c1ccc(Oc2ccc(Cl)cc2)cc1C(F)(F)F. The topological polar surface area (TPSA) is 198 Å². The molecule has 47 heavy (non-hydrogen) atoms. The van der Waals surface area contributed by atoms with Crippen molar-refractivity contribution in [1.82, 2.24) is 14.8 Å². The molecule has 0 amide bonds. The Kier molecular flexibility index (Phi) is 10.7. The van der Waals surface area contributed by atoms with Crippen molar-refractivity contribution in [3.05, 3.63) is 71.3 Å². The van der Waals surface area contributed by atoms with E-state index in [4.69, 9.17) is 35.3 Å². The molecule has 0 radical (unpaired) electrons. The van der Waals surface area contributed by atoms with Gasteiger partial charge in [-0.15, -0.1) is 0 Å². The average Bonchev–Trinajstić information content (AvgIpc) is 3.64. The van der Waals surface area contributed by atoms with Crippen LogP contribution in [0.25, 0.3) is 0 Å². The first-order valence-electron chi connectivity index (χ1n) is 14.3.